The van der Waals surface area contributed by atoms with Crippen molar-refractivity contribution in [3.8, 4) is 23.5 Å². The molecule has 1 heterocycles. The molecule has 0 aliphatic rings. The summed E-state index contributed by atoms with van der Waals surface area (Å²) in [6, 6.07) is 10.8. The summed E-state index contributed by atoms with van der Waals surface area (Å²) in [6.07, 6.45) is 0. The van der Waals surface area contributed by atoms with Crippen molar-refractivity contribution in [1.82, 2.24) is 9.97 Å². The van der Waals surface area contributed by atoms with E-state index in [4.69, 9.17) is 16.3 Å². The summed E-state index contributed by atoms with van der Waals surface area (Å²) < 4.78 is 0. The van der Waals surface area contributed by atoms with Gasteiger partial charge in [0.25, 0.3) is 0 Å². The van der Waals surface area contributed by atoms with Crippen LogP contribution < -0.4 is 5.73 Å². The van der Waals surface area contributed by atoms with Gasteiger partial charge in [0.1, 0.15) is 18.0 Å². The van der Waals surface area contributed by atoms with Gasteiger partial charge in [-0.05, 0) is 24.3 Å². The molecule has 5 nitrogen and oxygen atoms in total. The number of nitriles is 2. The van der Waals surface area contributed by atoms with E-state index in [0.717, 1.165) is 5.56 Å². The van der Waals surface area contributed by atoms with Crippen molar-refractivity contribution >= 4 is 5.69 Å². The molecule has 5 heteroatoms. The Hall–Kier alpha value is -2.79. The molecule has 0 saturated heterocycles. The van der Waals surface area contributed by atoms with E-state index in [1.807, 2.05) is 12.1 Å². The predicted octanol–water partition coefficient (Wildman–Crippen LogP) is 1.40. The average molecular weight is 209 g/mol. The minimum absolute atomic E-state index is 0.106. The fourth-order valence-electron chi connectivity index (χ4n) is 1.31. The third kappa shape index (κ3) is 1.58. The lowest BCUT2D eigenvalue weighted by Crippen LogP contribution is -1.85. The van der Waals surface area contributed by atoms with Crippen molar-refractivity contribution < 1.29 is 0 Å². The minimum Gasteiger partial charge on any atom is -0.399 e. The molecule has 0 bridgehead atoms. The molecule has 0 spiro atoms. The van der Waals surface area contributed by atoms with E-state index >= 15 is 0 Å². The number of nitrogens with one attached hydrogen (secondary N) is 1. The number of benzene rings is 1. The molecule has 76 valence electrons. The monoisotopic (exact) mass is 209 g/mol. The van der Waals surface area contributed by atoms with Crippen molar-refractivity contribution in [2.45, 2.75) is 0 Å². The Labute approximate surface area is 91.8 Å². The van der Waals surface area contributed by atoms with Crippen molar-refractivity contribution in [2.75, 3.05) is 5.73 Å². The molecular formula is C11H7N5. The number of H-pyrrole nitrogens is 1. The van der Waals surface area contributed by atoms with Crippen molar-refractivity contribution in [2.24, 2.45) is 0 Å². The van der Waals surface area contributed by atoms with Crippen molar-refractivity contribution in [3.63, 3.8) is 0 Å². The number of aromatic nitrogens is 2. The third-order valence-electron chi connectivity index (χ3n) is 2.11. The Morgan fingerprint density at radius 3 is 2.31 bits per heavy atom. The number of anilines is 1. The van der Waals surface area contributed by atoms with E-state index in [1.165, 1.54) is 0 Å². The van der Waals surface area contributed by atoms with E-state index < -0.39 is 0 Å². The van der Waals surface area contributed by atoms with E-state index in [1.54, 1.807) is 24.3 Å². The molecule has 0 atom stereocenters. The zero-order valence-corrected chi connectivity index (χ0v) is 8.23. The van der Waals surface area contributed by atoms with Gasteiger partial charge in [0, 0.05) is 11.3 Å². The van der Waals surface area contributed by atoms with Crippen LogP contribution in [0, 0.1) is 22.7 Å². The maximum absolute atomic E-state index is 8.76. The molecule has 0 amide bonds. The molecule has 0 unspecified atom stereocenters. The highest BCUT2D eigenvalue weighted by Gasteiger charge is 2.10. The number of nitrogen functional groups attached to an aromatic ring is 1. The lowest BCUT2D eigenvalue weighted by atomic mass is 10.2. The van der Waals surface area contributed by atoms with Gasteiger partial charge >= 0.3 is 0 Å². The Morgan fingerprint density at radius 2 is 1.81 bits per heavy atom. The molecule has 2 aromatic rings. The zero-order valence-electron chi connectivity index (χ0n) is 8.23. The van der Waals surface area contributed by atoms with Gasteiger partial charge in [-0.1, -0.05) is 0 Å². The maximum Gasteiger partial charge on any atom is 0.177 e. The van der Waals surface area contributed by atoms with Gasteiger partial charge in [0.05, 0.1) is 0 Å². The highest BCUT2D eigenvalue weighted by molar-refractivity contribution is 5.61. The Balaban J connectivity index is 2.50. The second kappa shape index (κ2) is 3.76. The number of rotatable bonds is 1. The summed E-state index contributed by atoms with van der Waals surface area (Å²) in [4.78, 5) is 6.80. The number of hydrogen-bond donors (Lipinski definition) is 2. The lowest BCUT2D eigenvalue weighted by Gasteiger charge is -1.96. The van der Waals surface area contributed by atoms with E-state index in [9.17, 15) is 0 Å². The first-order valence-corrected chi connectivity index (χ1v) is 4.50. The molecule has 0 saturated carbocycles. The fourth-order valence-corrected chi connectivity index (χ4v) is 1.31. The summed E-state index contributed by atoms with van der Waals surface area (Å²) in [5.74, 6) is 0.494. The van der Waals surface area contributed by atoms with Crippen LogP contribution in [0.4, 0.5) is 5.69 Å². The molecule has 16 heavy (non-hydrogen) atoms. The summed E-state index contributed by atoms with van der Waals surface area (Å²) in [7, 11) is 0. The van der Waals surface area contributed by atoms with Gasteiger partial charge in [-0.2, -0.15) is 10.5 Å². The molecule has 0 aliphatic carbocycles. The Kier molecular flexibility index (Phi) is 2.29. The van der Waals surface area contributed by atoms with Crippen LogP contribution in [0.1, 0.15) is 11.4 Å². The highest BCUT2D eigenvalue weighted by atomic mass is 14.9. The van der Waals surface area contributed by atoms with Crippen LogP contribution in [0.15, 0.2) is 24.3 Å². The van der Waals surface area contributed by atoms with Gasteiger partial charge in [-0.25, -0.2) is 4.98 Å². The third-order valence-corrected chi connectivity index (χ3v) is 2.11. The largest absolute Gasteiger partial charge is 0.399 e. The first kappa shape index (κ1) is 9.75. The van der Waals surface area contributed by atoms with Gasteiger partial charge in [-0.15, -0.1) is 0 Å². The Bertz CT molecular complexity index is 563. The van der Waals surface area contributed by atoms with E-state index in [0.29, 0.717) is 11.5 Å². The van der Waals surface area contributed by atoms with Crippen molar-refractivity contribution in [3.05, 3.63) is 35.7 Å². The zero-order chi connectivity index (χ0) is 11.5. The molecule has 1 aromatic heterocycles. The highest BCUT2D eigenvalue weighted by Crippen LogP contribution is 2.18. The molecule has 0 aliphatic heterocycles. The van der Waals surface area contributed by atoms with Crippen LogP contribution in [0.3, 0.4) is 0 Å². The standard InChI is InChI=1S/C11H7N5/c12-5-9-10(6-13)16-11(15-9)7-1-3-8(14)4-2-7/h1-4H,14H2,(H,15,16). The number of aromatic amines is 1. The normalized spacial score (nSPS) is 9.38. The fraction of sp³-hybridized carbons (Fsp3) is 0. The lowest BCUT2D eigenvalue weighted by molar-refractivity contribution is 1.29. The van der Waals surface area contributed by atoms with E-state index in [2.05, 4.69) is 9.97 Å². The number of imidazole rings is 1. The summed E-state index contributed by atoms with van der Waals surface area (Å²) >= 11 is 0. The molecular weight excluding hydrogens is 202 g/mol. The first-order chi connectivity index (χ1) is 7.74. The second-order valence-electron chi connectivity index (χ2n) is 3.15. The summed E-state index contributed by atoms with van der Waals surface area (Å²) in [5.41, 5.74) is 7.27. The quantitative estimate of drug-likeness (QED) is 0.693. The number of nitrogens with zero attached hydrogens (tertiary/aromatic N) is 3. The SMILES string of the molecule is N#Cc1nc(-c2ccc(N)cc2)[nH]c1C#N. The topological polar surface area (TPSA) is 102 Å². The van der Waals surface area contributed by atoms with E-state index in [-0.39, 0.29) is 11.4 Å². The van der Waals surface area contributed by atoms with Crippen LogP contribution in [0.5, 0.6) is 0 Å². The second-order valence-corrected chi connectivity index (χ2v) is 3.15. The maximum atomic E-state index is 8.76. The molecule has 3 N–H and O–H groups in total. The summed E-state index contributed by atoms with van der Waals surface area (Å²) in [6.45, 7) is 0. The number of hydrogen-bond acceptors (Lipinski definition) is 4. The average Bonchev–Trinajstić information content (AvgIpc) is 2.73. The van der Waals surface area contributed by atoms with Crippen LogP contribution in [0.25, 0.3) is 11.4 Å². The Morgan fingerprint density at radius 1 is 1.12 bits per heavy atom. The predicted molar refractivity (Wildman–Crippen MR) is 57.9 cm³/mol. The van der Waals surface area contributed by atoms with Crippen LogP contribution in [-0.2, 0) is 0 Å². The molecule has 2 rings (SSSR count). The molecule has 0 radical (unpaired) electrons. The van der Waals surface area contributed by atoms with Crippen LogP contribution in [0.2, 0.25) is 0 Å². The van der Waals surface area contributed by atoms with Gasteiger partial charge in [0.2, 0.25) is 0 Å². The van der Waals surface area contributed by atoms with Gasteiger partial charge in [0.15, 0.2) is 11.4 Å². The molecule has 0 fully saturated rings. The van der Waals surface area contributed by atoms with Crippen LogP contribution >= 0.6 is 0 Å². The van der Waals surface area contributed by atoms with Crippen LogP contribution in [-0.4, -0.2) is 9.97 Å². The molecule has 1 aromatic carbocycles. The summed E-state index contributed by atoms with van der Waals surface area (Å²) in [5, 5.41) is 17.5. The van der Waals surface area contributed by atoms with Gasteiger partial charge in [-0.3, -0.25) is 0 Å². The smallest absolute Gasteiger partial charge is 0.177 e. The minimum atomic E-state index is 0.106. The number of nitrogens with two attached hydrogens (primary N) is 1. The van der Waals surface area contributed by atoms with Crippen molar-refractivity contribution in [1.29, 1.82) is 10.5 Å². The first-order valence-electron chi connectivity index (χ1n) is 4.50. The van der Waals surface area contributed by atoms with Gasteiger partial charge < -0.3 is 10.7 Å².